The molecule has 0 bridgehead atoms. The summed E-state index contributed by atoms with van der Waals surface area (Å²) in [5.41, 5.74) is 1.25. The summed E-state index contributed by atoms with van der Waals surface area (Å²) >= 11 is 0. The van der Waals surface area contributed by atoms with Gasteiger partial charge in [-0.15, -0.1) is 24.8 Å². The monoisotopic (exact) mass is 371 g/mol. The van der Waals surface area contributed by atoms with Crippen LogP contribution in [0.1, 0.15) is 18.4 Å². The number of hydrogen-bond acceptors (Lipinski definition) is 4. The Labute approximate surface area is 154 Å². The maximum Gasteiger partial charge on any atom is 0.252 e. The molecule has 1 amide bonds. The van der Waals surface area contributed by atoms with Gasteiger partial charge in [-0.2, -0.15) is 0 Å². The van der Waals surface area contributed by atoms with Crippen LogP contribution in [0, 0.1) is 0 Å². The van der Waals surface area contributed by atoms with Gasteiger partial charge in [-0.05, 0) is 37.6 Å². The van der Waals surface area contributed by atoms with Gasteiger partial charge in [0.05, 0.1) is 5.52 Å². The molecule has 0 spiro atoms. The van der Waals surface area contributed by atoms with E-state index < -0.39 is 5.60 Å². The molecule has 5 nitrogen and oxygen atoms in total. The van der Waals surface area contributed by atoms with Crippen LogP contribution in [0.15, 0.2) is 36.5 Å². The predicted octanol–water partition coefficient (Wildman–Crippen LogP) is 2.46. The molecular formula is C17H23Cl2N3O2. The minimum absolute atomic E-state index is 0. The molecule has 2 N–H and O–H groups in total. The number of amides is 1. The number of halogens is 2. The summed E-state index contributed by atoms with van der Waals surface area (Å²) in [6.45, 7) is 2.07. The van der Waals surface area contributed by atoms with Gasteiger partial charge in [-0.1, -0.05) is 24.3 Å². The molecule has 1 saturated heterocycles. The highest BCUT2D eigenvalue weighted by atomic mass is 35.5. The van der Waals surface area contributed by atoms with Crippen molar-refractivity contribution in [2.24, 2.45) is 0 Å². The first kappa shape index (κ1) is 20.6. The zero-order valence-corrected chi connectivity index (χ0v) is 15.2. The second-order valence-corrected chi connectivity index (χ2v) is 5.62. The molecule has 2 aromatic rings. The molecule has 0 radical (unpaired) electrons. The van der Waals surface area contributed by atoms with Crippen molar-refractivity contribution in [1.29, 1.82) is 0 Å². The highest BCUT2D eigenvalue weighted by Crippen LogP contribution is 2.23. The van der Waals surface area contributed by atoms with Crippen molar-refractivity contribution in [1.82, 2.24) is 15.6 Å². The van der Waals surface area contributed by atoms with Gasteiger partial charge in [-0.25, -0.2) is 0 Å². The molecule has 0 atom stereocenters. The smallest absolute Gasteiger partial charge is 0.252 e. The molecule has 1 fully saturated rings. The largest absolute Gasteiger partial charge is 0.368 e. The number of carbonyl (C=O) groups excluding carboxylic acids is 1. The van der Waals surface area contributed by atoms with Crippen molar-refractivity contribution < 1.29 is 9.53 Å². The highest BCUT2D eigenvalue weighted by Gasteiger charge is 2.39. The first-order valence-corrected chi connectivity index (χ1v) is 7.62. The summed E-state index contributed by atoms with van der Waals surface area (Å²) in [7, 11) is 1.62. The fourth-order valence-electron chi connectivity index (χ4n) is 3.00. The van der Waals surface area contributed by atoms with Crippen LogP contribution in [0.2, 0.25) is 0 Å². The molecule has 2 heterocycles. The molecule has 0 saturated carbocycles. The lowest BCUT2D eigenvalue weighted by atomic mass is 9.91. The fraction of sp³-hybridized carbons (Fsp3) is 0.412. The molecule has 0 unspecified atom stereocenters. The first-order valence-electron chi connectivity index (χ1n) is 7.62. The molecule has 1 aliphatic heterocycles. The average molecular weight is 372 g/mol. The topological polar surface area (TPSA) is 63.2 Å². The van der Waals surface area contributed by atoms with E-state index in [2.05, 4.69) is 15.6 Å². The van der Waals surface area contributed by atoms with Crippen molar-refractivity contribution in [3.8, 4) is 0 Å². The van der Waals surface area contributed by atoms with E-state index in [1.807, 2.05) is 30.3 Å². The van der Waals surface area contributed by atoms with E-state index in [1.165, 1.54) is 0 Å². The molecule has 1 aliphatic rings. The maximum atomic E-state index is 12.6. The number of piperidine rings is 1. The van der Waals surface area contributed by atoms with Gasteiger partial charge in [0.1, 0.15) is 5.60 Å². The van der Waals surface area contributed by atoms with Crippen LogP contribution in [0.5, 0.6) is 0 Å². The Morgan fingerprint density at radius 1 is 1.25 bits per heavy atom. The summed E-state index contributed by atoms with van der Waals surface area (Å²) in [5, 5.41) is 7.36. The average Bonchev–Trinajstić information content (AvgIpc) is 2.60. The van der Waals surface area contributed by atoms with Crippen molar-refractivity contribution in [2.75, 3.05) is 20.2 Å². The van der Waals surface area contributed by atoms with E-state index in [4.69, 9.17) is 4.74 Å². The number of aromatic nitrogens is 1. The van der Waals surface area contributed by atoms with Crippen molar-refractivity contribution in [2.45, 2.75) is 25.0 Å². The van der Waals surface area contributed by atoms with Crippen LogP contribution in [-0.4, -0.2) is 36.7 Å². The van der Waals surface area contributed by atoms with Crippen LogP contribution >= 0.6 is 24.8 Å². The fourth-order valence-corrected chi connectivity index (χ4v) is 3.00. The number of carbonyl (C=O) groups is 1. The number of para-hydroxylation sites is 1. The Morgan fingerprint density at radius 2 is 1.96 bits per heavy atom. The van der Waals surface area contributed by atoms with Crippen molar-refractivity contribution >= 4 is 41.6 Å². The van der Waals surface area contributed by atoms with E-state index >= 15 is 0 Å². The first-order chi connectivity index (χ1) is 10.7. The van der Waals surface area contributed by atoms with Gasteiger partial charge in [0, 0.05) is 25.2 Å². The third-order valence-corrected chi connectivity index (χ3v) is 4.37. The number of nitrogens with zero attached hydrogens (tertiary/aromatic N) is 1. The van der Waals surface area contributed by atoms with Gasteiger partial charge in [0.15, 0.2) is 0 Å². The lowest BCUT2D eigenvalue weighted by Crippen LogP contribution is -2.53. The quantitative estimate of drug-likeness (QED) is 0.866. The molecule has 3 rings (SSSR count). The molecule has 1 aromatic carbocycles. The van der Waals surface area contributed by atoms with Crippen molar-refractivity contribution in [3.05, 3.63) is 42.1 Å². The molecule has 7 heteroatoms. The predicted molar refractivity (Wildman–Crippen MR) is 99.9 cm³/mol. The lowest BCUT2D eigenvalue weighted by molar-refractivity contribution is -0.146. The van der Waals surface area contributed by atoms with Crippen LogP contribution in [0.3, 0.4) is 0 Å². The van der Waals surface area contributed by atoms with Crippen molar-refractivity contribution in [3.63, 3.8) is 0 Å². The second kappa shape index (κ2) is 9.18. The Hall–Kier alpha value is -1.40. The number of ether oxygens (including phenoxy) is 1. The van der Waals surface area contributed by atoms with Gasteiger partial charge in [-0.3, -0.25) is 9.78 Å². The lowest BCUT2D eigenvalue weighted by Gasteiger charge is -2.34. The van der Waals surface area contributed by atoms with Gasteiger partial charge in [0.25, 0.3) is 5.91 Å². The number of rotatable bonds is 4. The highest BCUT2D eigenvalue weighted by molar-refractivity contribution is 5.86. The van der Waals surface area contributed by atoms with E-state index in [9.17, 15) is 4.79 Å². The van der Waals surface area contributed by atoms with Gasteiger partial charge >= 0.3 is 0 Å². The Balaban J connectivity index is 0.00000144. The number of benzene rings is 1. The summed E-state index contributed by atoms with van der Waals surface area (Å²) < 4.78 is 5.55. The number of hydrogen-bond donors (Lipinski definition) is 2. The minimum Gasteiger partial charge on any atom is -0.368 e. The second-order valence-electron chi connectivity index (χ2n) is 5.62. The third-order valence-electron chi connectivity index (χ3n) is 4.37. The van der Waals surface area contributed by atoms with E-state index in [1.54, 1.807) is 13.3 Å². The Kier molecular flexibility index (Phi) is 7.90. The van der Waals surface area contributed by atoms with Crippen LogP contribution in [0.4, 0.5) is 0 Å². The number of nitrogens with one attached hydrogen (secondary N) is 2. The van der Waals surface area contributed by atoms with Crippen LogP contribution < -0.4 is 10.6 Å². The Bertz CT molecular complexity index is 670. The zero-order valence-electron chi connectivity index (χ0n) is 13.6. The van der Waals surface area contributed by atoms with Gasteiger partial charge < -0.3 is 15.4 Å². The number of methoxy groups -OCH3 is 1. The summed E-state index contributed by atoms with van der Waals surface area (Å²) in [6.07, 6.45) is 3.17. The van der Waals surface area contributed by atoms with Crippen LogP contribution in [-0.2, 0) is 16.1 Å². The van der Waals surface area contributed by atoms with E-state index in [0.717, 1.165) is 29.6 Å². The summed E-state index contributed by atoms with van der Waals surface area (Å²) in [5.74, 6) is -0.0376. The maximum absolute atomic E-state index is 12.6. The Morgan fingerprint density at radius 3 is 2.67 bits per heavy atom. The van der Waals surface area contributed by atoms with Crippen LogP contribution in [0.25, 0.3) is 10.9 Å². The minimum atomic E-state index is -0.705. The molecule has 1 aromatic heterocycles. The van der Waals surface area contributed by atoms with E-state index in [-0.39, 0.29) is 30.7 Å². The standard InChI is InChI=1S/C17H21N3O2.2ClH/c1-22-17(7-10-18-11-8-17)16(21)20-12-14-5-2-4-13-6-3-9-19-15(13)14;;/h2-6,9,18H,7-8,10-12H2,1H3,(H,20,21);2*1H. The molecule has 24 heavy (non-hydrogen) atoms. The summed E-state index contributed by atoms with van der Waals surface area (Å²) in [6, 6.07) is 9.95. The SMILES string of the molecule is COC1(C(=O)NCc2cccc3cccnc23)CCNCC1.Cl.Cl. The normalized spacial score (nSPS) is 15.9. The number of pyridine rings is 1. The zero-order chi connectivity index (χ0) is 15.4. The molecule has 132 valence electrons. The third kappa shape index (κ3) is 4.16. The summed E-state index contributed by atoms with van der Waals surface area (Å²) in [4.78, 5) is 17.0. The van der Waals surface area contributed by atoms with E-state index in [0.29, 0.717) is 19.4 Å². The molecular weight excluding hydrogens is 349 g/mol. The van der Waals surface area contributed by atoms with Gasteiger partial charge in [0.2, 0.25) is 0 Å². The molecule has 0 aliphatic carbocycles. The number of fused-ring (bicyclic) bond motifs is 1.